The van der Waals surface area contributed by atoms with Crippen LogP contribution in [0.4, 0.5) is 0 Å². The van der Waals surface area contributed by atoms with Gasteiger partial charge in [-0.1, -0.05) is 91.0 Å². The van der Waals surface area contributed by atoms with Gasteiger partial charge < -0.3 is 4.74 Å². The molecule has 0 aliphatic carbocycles. The van der Waals surface area contributed by atoms with Crippen molar-refractivity contribution in [2.24, 2.45) is 0 Å². The lowest BCUT2D eigenvalue weighted by molar-refractivity contribution is -0.147. The zero-order valence-corrected chi connectivity index (χ0v) is 14.8. The van der Waals surface area contributed by atoms with E-state index in [0.717, 1.165) is 16.7 Å². The topological polar surface area (TPSA) is 26.3 Å². The molecule has 0 fully saturated rings. The van der Waals surface area contributed by atoms with Crippen LogP contribution >= 0.6 is 8.86 Å². The molecule has 0 amide bonds. The molecular weight excluding hydrogens is 327 g/mol. The smallest absolute Gasteiger partial charge is 0.336 e. The van der Waals surface area contributed by atoms with Gasteiger partial charge in [-0.15, -0.1) is 8.86 Å². The van der Waals surface area contributed by atoms with Gasteiger partial charge in [0, 0.05) is 23.3 Å². The average Bonchev–Trinajstić information content (AvgIpc) is 2.69. The standard InChI is InChI=1S/C22H19O2P/c23-21(17-25)24-22(19-12-6-2-7-13-19,20-14-8-3-9-15-20)16-18-10-4-1-5-11-18/h1-15,17,25H,16H2. The van der Waals surface area contributed by atoms with Crippen molar-refractivity contribution in [1.29, 1.82) is 0 Å². The predicted molar refractivity (Wildman–Crippen MR) is 104 cm³/mol. The van der Waals surface area contributed by atoms with Crippen LogP contribution in [0.25, 0.3) is 0 Å². The van der Waals surface area contributed by atoms with Crippen molar-refractivity contribution in [3.63, 3.8) is 0 Å². The second-order valence-corrected chi connectivity index (χ2v) is 6.08. The van der Waals surface area contributed by atoms with E-state index in [1.807, 2.05) is 91.0 Å². The molecule has 0 aliphatic rings. The highest BCUT2D eigenvalue weighted by Crippen LogP contribution is 2.37. The van der Waals surface area contributed by atoms with E-state index in [4.69, 9.17) is 4.74 Å². The zero-order valence-electron chi connectivity index (χ0n) is 13.8. The second kappa shape index (κ2) is 7.92. The fraction of sp³-hybridized carbons (Fsp3) is 0.0909. The summed E-state index contributed by atoms with van der Waals surface area (Å²) in [5, 5.41) is 0. The Morgan fingerprint density at radius 1 is 0.800 bits per heavy atom. The van der Waals surface area contributed by atoms with E-state index in [0.29, 0.717) is 6.42 Å². The van der Waals surface area contributed by atoms with Crippen LogP contribution in [0.3, 0.4) is 0 Å². The fourth-order valence-corrected chi connectivity index (χ4v) is 3.08. The van der Waals surface area contributed by atoms with Crippen LogP contribution in [0.5, 0.6) is 0 Å². The number of ether oxygens (including phenoxy) is 1. The van der Waals surface area contributed by atoms with E-state index in [1.54, 1.807) is 0 Å². The Morgan fingerprint density at radius 3 is 1.68 bits per heavy atom. The van der Waals surface area contributed by atoms with Gasteiger partial charge in [-0.25, -0.2) is 4.79 Å². The minimum atomic E-state index is -0.899. The Balaban J connectivity index is 2.19. The maximum Gasteiger partial charge on any atom is 0.336 e. The molecule has 3 aromatic carbocycles. The molecule has 0 saturated heterocycles. The molecule has 25 heavy (non-hydrogen) atoms. The molecule has 0 heterocycles. The van der Waals surface area contributed by atoms with Crippen molar-refractivity contribution < 1.29 is 9.53 Å². The van der Waals surface area contributed by atoms with Crippen molar-refractivity contribution in [1.82, 2.24) is 0 Å². The highest BCUT2D eigenvalue weighted by Gasteiger charge is 2.38. The molecule has 124 valence electrons. The lowest BCUT2D eigenvalue weighted by Gasteiger charge is -2.34. The van der Waals surface area contributed by atoms with E-state index in [-0.39, 0.29) is 0 Å². The minimum absolute atomic E-state index is 0.416. The molecule has 3 rings (SSSR count). The maximum atomic E-state index is 12.2. The third-order valence-corrected chi connectivity index (χ3v) is 4.40. The highest BCUT2D eigenvalue weighted by atomic mass is 31.0. The summed E-state index contributed by atoms with van der Waals surface area (Å²) in [6.45, 7) is 0. The first-order chi connectivity index (χ1) is 12.2. The van der Waals surface area contributed by atoms with Crippen LogP contribution in [0, 0.1) is 0 Å². The average molecular weight is 346 g/mol. The lowest BCUT2D eigenvalue weighted by Crippen LogP contribution is -2.36. The van der Waals surface area contributed by atoms with Crippen LogP contribution in [0.1, 0.15) is 16.7 Å². The van der Waals surface area contributed by atoms with Gasteiger partial charge in [0.15, 0.2) is 5.60 Å². The summed E-state index contributed by atoms with van der Waals surface area (Å²) in [4.78, 5) is 12.2. The summed E-state index contributed by atoms with van der Waals surface area (Å²) < 4.78 is 6.02. The van der Waals surface area contributed by atoms with Crippen molar-refractivity contribution >= 4 is 20.6 Å². The van der Waals surface area contributed by atoms with E-state index in [1.165, 1.54) is 5.80 Å². The van der Waals surface area contributed by atoms with Gasteiger partial charge in [0.25, 0.3) is 0 Å². The number of benzene rings is 3. The lowest BCUT2D eigenvalue weighted by atomic mass is 9.81. The van der Waals surface area contributed by atoms with Crippen LogP contribution < -0.4 is 0 Å². The van der Waals surface area contributed by atoms with E-state index < -0.39 is 11.6 Å². The number of esters is 1. The molecule has 0 saturated carbocycles. The molecule has 0 aliphatic heterocycles. The number of carbonyl (C=O) groups excluding carboxylic acids is 1. The van der Waals surface area contributed by atoms with Crippen LogP contribution in [0.15, 0.2) is 91.0 Å². The molecule has 0 radical (unpaired) electrons. The fourth-order valence-electron chi connectivity index (χ4n) is 3.02. The third-order valence-electron chi connectivity index (χ3n) is 4.17. The van der Waals surface area contributed by atoms with Crippen LogP contribution in [-0.2, 0) is 21.6 Å². The minimum Gasteiger partial charge on any atom is -0.445 e. The van der Waals surface area contributed by atoms with Gasteiger partial charge >= 0.3 is 5.97 Å². The van der Waals surface area contributed by atoms with Crippen molar-refractivity contribution in [2.45, 2.75) is 12.0 Å². The van der Waals surface area contributed by atoms with Gasteiger partial charge in [-0.05, 0) is 5.56 Å². The molecule has 0 spiro atoms. The number of carbonyl (C=O) groups is 1. The molecule has 0 atom stereocenters. The molecule has 3 aromatic rings. The Hall–Kier alpha value is -2.70. The number of hydrogen-bond donors (Lipinski definition) is 0. The molecule has 0 unspecified atom stereocenters. The Bertz CT molecular complexity index is 790. The van der Waals surface area contributed by atoms with Crippen LogP contribution in [-0.4, -0.2) is 11.8 Å². The van der Waals surface area contributed by atoms with Crippen molar-refractivity contribution in [3.05, 3.63) is 108 Å². The SMILES string of the molecule is O=C(C=P)OC(Cc1ccccc1)(c1ccccc1)c1ccccc1. The van der Waals surface area contributed by atoms with Crippen LogP contribution in [0.2, 0.25) is 0 Å². The number of hydrogen-bond acceptors (Lipinski definition) is 2. The monoisotopic (exact) mass is 346 g/mol. The first-order valence-corrected chi connectivity index (χ1v) is 8.71. The van der Waals surface area contributed by atoms with Crippen molar-refractivity contribution in [2.75, 3.05) is 0 Å². The van der Waals surface area contributed by atoms with E-state index in [9.17, 15) is 4.79 Å². The molecule has 0 N–H and O–H groups in total. The second-order valence-electron chi connectivity index (χ2n) is 5.79. The molecule has 3 heteroatoms. The van der Waals surface area contributed by atoms with Gasteiger partial charge in [-0.2, -0.15) is 0 Å². The maximum absolute atomic E-state index is 12.2. The summed E-state index contributed by atoms with van der Waals surface area (Å²) >= 11 is 0. The van der Waals surface area contributed by atoms with Gasteiger partial charge in [0.05, 0.1) is 0 Å². The summed E-state index contributed by atoms with van der Waals surface area (Å²) in [5.74, 6) is 0.853. The Labute approximate surface area is 150 Å². The molecule has 0 aromatic heterocycles. The first-order valence-electron chi connectivity index (χ1n) is 8.13. The summed E-state index contributed by atoms with van der Waals surface area (Å²) in [7, 11) is 3.15. The van der Waals surface area contributed by atoms with Gasteiger partial charge in [0.2, 0.25) is 0 Å². The predicted octanol–water partition coefficient (Wildman–Crippen LogP) is 4.66. The summed E-state index contributed by atoms with van der Waals surface area (Å²) in [6, 6.07) is 29.8. The first kappa shape index (κ1) is 17.1. The molecule has 2 nitrogen and oxygen atoms in total. The zero-order chi connectivity index (χ0) is 17.5. The third kappa shape index (κ3) is 3.87. The largest absolute Gasteiger partial charge is 0.445 e. The Morgan fingerprint density at radius 2 is 1.24 bits per heavy atom. The normalized spacial score (nSPS) is 10.9. The Kier molecular flexibility index (Phi) is 5.42. The summed E-state index contributed by atoms with van der Waals surface area (Å²) in [6.07, 6.45) is 0.549. The quantitative estimate of drug-likeness (QED) is 0.479. The van der Waals surface area contributed by atoms with E-state index >= 15 is 0 Å². The van der Waals surface area contributed by atoms with Gasteiger partial charge in [-0.3, -0.25) is 0 Å². The van der Waals surface area contributed by atoms with Crippen molar-refractivity contribution in [3.8, 4) is 0 Å². The molecule has 0 bridgehead atoms. The van der Waals surface area contributed by atoms with E-state index in [2.05, 4.69) is 8.86 Å². The molecular formula is C22H19O2P. The van der Waals surface area contributed by atoms with Gasteiger partial charge in [0.1, 0.15) is 0 Å². The highest BCUT2D eigenvalue weighted by molar-refractivity contribution is 7.21. The summed E-state index contributed by atoms with van der Waals surface area (Å²) in [5.41, 5.74) is 2.07. The number of rotatable bonds is 6.